The first-order valence-corrected chi connectivity index (χ1v) is 7.00. The first kappa shape index (κ1) is 15.0. The van der Waals surface area contributed by atoms with Crippen LogP contribution in [0.15, 0.2) is 37.1 Å². The molecular formula is C17H21N3O. The number of hydrogen-bond donors (Lipinski definition) is 1. The van der Waals surface area contributed by atoms with Crippen molar-refractivity contribution in [2.45, 2.75) is 33.1 Å². The standard InChI is InChI=1S/C17H21N3O/c1-5-7-16-19-10-15(20(16)17(18)21)13(4)14-9-6-8-11(2)12(14)3/h5-6,8-10,13H,1,7H2,2-4H3,(H2,18,21). The van der Waals surface area contributed by atoms with Crippen LogP contribution in [-0.2, 0) is 6.42 Å². The molecule has 2 rings (SSSR count). The number of nitrogens with zero attached hydrogens (tertiary/aromatic N) is 2. The third-order valence-electron chi connectivity index (χ3n) is 3.97. The lowest BCUT2D eigenvalue weighted by molar-refractivity contribution is 0.249. The SMILES string of the molecule is C=CCc1ncc(C(C)c2cccc(C)c2C)n1C(N)=O. The second-order valence-corrected chi connectivity index (χ2v) is 5.28. The van der Waals surface area contributed by atoms with Crippen molar-refractivity contribution in [3.8, 4) is 0 Å². The van der Waals surface area contributed by atoms with Crippen LogP contribution in [0, 0.1) is 13.8 Å². The smallest absolute Gasteiger partial charge is 0.324 e. The Hall–Kier alpha value is -2.36. The quantitative estimate of drug-likeness (QED) is 0.875. The van der Waals surface area contributed by atoms with Crippen LogP contribution in [-0.4, -0.2) is 15.6 Å². The van der Waals surface area contributed by atoms with Crippen LogP contribution < -0.4 is 5.73 Å². The molecule has 0 aliphatic heterocycles. The van der Waals surface area contributed by atoms with Gasteiger partial charge in [-0.15, -0.1) is 6.58 Å². The fourth-order valence-electron chi connectivity index (χ4n) is 2.64. The third kappa shape index (κ3) is 2.75. The van der Waals surface area contributed by atoms with Crippen molar-refractivity contribution in [3.63, 3.8) is 0 Å². The predicted octanol–water partition coefficient (Wildman–Crippen LogP) is 3.31. The Morgan fingerprint density at radius 1 is 1.48 bits per heavy atom. The summed E-state index contributed by atoms with van der Waals surface area (Å²) in [6, 6.07) is 5.69. The average Bonchev–Trinajstić information content (AvgIpc) is 2.85. The summed E-state index contributed by atoms with van der Waals surface area (Å²) < 4.78 is 1.49. The van der Waals surface area contributed by atoms with Crippen LogP contribution in [0.4, 0.5) is 4.79 Å². The van der Waals surface area contributed by atoms with Gasteiger partial charge < -0.3 is 5.73 Å². The molecule has 0 fully saturated rings. The van der Waals surface area contributed by atoms with Gasteiger partial charge in [0, 0.05) is 18.5 Å². The number of primary amides is 1. The number of hydrogen-bond acceptors (Lipinski definition) is 2. The number of carbonyl (C=O) groups excluding carboxylic acids is 1. The van der Waals surface area contributed by atoms with Gasteiger partial charge in [0.15, 0.2) is 0 Å². The van der Waals surface area contributed by atoms with Crippen molar-refractivity contribution in [2.24, 2.45) is 5.73 Å². The van der Waals surface area contributed by atoms with Gasteiger partial charge in [-0.2, -0.15) is 0 Å². The van der Waals surface area contributed by atoms with E-state index < -0.39 is 6.03 Å². The van der Waals surface area contributed by atoms with Crippen LogP contribution >= 0.6 is 0 Å². The Kier molecular flexibility index (Phi) is 4.26. The maximum Gasteiger partial charge on any atom is 0.324 e. The molecule has 1 unspecified atom stereocenters. The van der Waals surface area contributed by atoms with Crippen molar-refractivity contribution in [2.75, 3.05) is 0 Å². The van der Waals surface area contributed by atoms with E-state index in [1.165, 1.54) is 21.3 Å². The third-order valence-corrected chi connectivity index (χ3v) is 3.97. The van der Waals surface area contributed by atoms with Gasteiger partial charge in [0.2, 0.25) is 0 Å². The van der Waals surface area contributed by atoms with Gasteiger partial charge >= 0.3 is 6.03 Å². The fraction of sp³-hybridized carbons (Fsp3) is 0.294. The number of benzene rings is 1. The van der Waals surface area contributed by atoms with Crippen LogP contribution in [0.5, 0.6) is 0 Å². The molecule has 0 spiro atoms. The zero-order chi connectivity index (χ0) is 15.6. The Labute approximate surface area is 125 Å². The molecule has 2 N–H and O–H groups in total. The molecule has 0 radical (unpaired) electrons. The van der Waals surface area contributed by atoms with Crippen LogP contribution in [0.25, 0.3) is 0 Å². The van der Waals surface area contributed by atoms with Gasteiger partial charge in [-0.05, 0) is 30.5 Å². The Morgan fingerprint density at radius 3 is 2.81 bits per heavy atom. The second-order valence-electron chi connectivity index (χ2n) is 5.28. The topological polar surface area (TPSA) is 60.9 Å². The summed E-state index contributed by atoms with van der Waals surface area (Å²) in [4.78, 5) is 16.1. The summed E-state index contributed by atoms with van der Waals surface area (Å²) in [5.74, 6) is 0.674. The summed E-state index contributed by atoms with van der Waals surface area (Å²) in [5, 5.41) is 0. The average molecular weight is 283 g/mol. The molecule has 1 amide bonds. The summed E-state index contributed by atoms with van der Waals surface area (Å²) in [7, 11) is 0. The molecule has 21 heavy (non-hydrogen) atoms. The van der Waals surface area contributed by atoms with Gasteiger partial charge in [-0.3, -0.25) is 4.57 Å². The highest BCUT2D eigenvalue weighted by Crippen LogP contribution is 2.28. The molecule has 2 aromatic rings. The second kappa shape index (κ2) is 5.95. The van der Waals surface area contributed by atoms with Gasteiger partial charge in [-0.25, -0.2) is 9.78 Å². The highest BCUT2D eigenvalue weighted by atomic mass is 16.2. The fourth-order valence-corrected chi connectivity index (χ4v) is 2.64. The molecule has 0 bridgehead atoms. The highest BCUT2D eigenvalue weighted by molar-refractivity contribution is 5.76. The lowest BCUT2D eigenvalue weighted by Crippen LogP contribution is -2.25. The lowest BCUT2D eigenvalue weighted by atomic mass is 9.91. The maximum absolute atomic E-state index is 11.8. The molecular weight excluding hydrogens is 262 g/mol. The van der Waals surface area contributed by atoms with Crippen molar-refractivity contribution in [1.29, 1.82) is 0 Å². The molecule has 1 atom stereocenters. The van der Waals surface area contributed by atoms with Gasteiger partial charge in [0.1, 0.15) is 5.82 Å². The van der Waals surface area contributed by atoms with Gasteiger partial charge in [0.05, 0.1) is 5.69 Å². The largest absolute Gasteiger partial charge is 0.351 e. The number of aromatic nitrogens is 2. The summed E-state index contributed by atoms with van der Waals surface area (Å²) in [6.45, 7) is 9.93. The van der Waals surface area contributed by atoms with E-state index in [1.54, 1.807) is 12.3 Å². The van der Waals surface area contributed by atoms with E-state index in [0.29, 0.717) is 12.2 Å². The summed E-state index contributed by atoms with van der Waals surface area (Å²) >= 11 is 0. The highest BCUT2D eigenvalue weighted by Gasteiger charge is 2.20. The normalized spacial score (nSPS) is 12.1. The molecule has 0 aliphatic carbocycles. The van der Waals surface area contributed by atoms with Crippen LogP contribution in [0.1, 0.15) is 41.1 Å². The van der Waals surface area contributed by atoms with E-state index in [1.807, 2.05) is 6.07 Å². The van der Waals surface area contributed by atoms with Crippen molar-refractivity contribution < 1.29 is 4.79 Å². The summed E-state index contributed by atoms with van der Waals surface area (Å²) in [6.07, 6.45) is 3.96. The zero-order valence-electron chi connectivity index (χ0n) is 12.8. The van der Waals surface area contributed by atoms with Gasteiger partial charge in [-0.1, -0.05) is 31.2 Å². The molecule has 0 aliphatic rings. The number of amides is 1. The molecule has 1 heterocycles. The molecule has 110 valence electrons. The maximum atomic E-state index is 11.8. The minimum Gasteiger partial charge on any atom is -0.351 e. The van der Waals surface area contributed by atoms with Crippen molar-refractivity contribution in [3.05, 3.63) is 65.3 Å². The number of rotatable bonds is 4. The van der Waals surface area contributed by atoms with E-state index >= 15 is 0 Å². The Morgan fingerprint density at radius 2 is 2.19 bits per heavy atom. The number of aryl methyl sites for hydroxylation is 1. The van der Waals surface area contributed by atoms with E-state index in [9.17, 15) is 4.79 Å². The number of allylic oxidation sites excluding steroid dienone is 1. The molecule has 0 saturated heterocycles. The zero-order valence-corrected chi connectivity index (χ0v) is 12.8. The van der Waals surface area contributed by atoms with E-state index in [2.05, 4.69) is 44.5 Å². The summed E-state index contributed by atoms with van der Waals surface area (Å²) in [5.41, 5.74) is 9.98. The van der Waals surface area contributed by atoms with E-state index in [0.717, 1.165) is 5.69 Å². The molecule has 1 aromatic heterocycles. The van der Waals surface area contributed by atoms with Gasteiger partial charge in [0.25, 0.3) is 0 Å². The molecule has 0 saturated carbocycles. The van der Waals surface area contributed by atoms with Crippen LogP contribution in [0.3, 0.4) is 0 Å². The van der Waals surface area contributed by atoms with E-state index in [4.69, 9.17) is 5.73 Å². The number of imidazole rings is 1. The molecule has 4 nitrogen and oxygen atoms in total. The first-order valence-electron chi connectivity index (χ1n) is 7.00. The number of nitrogens with two attached hydrogens (primary N) is 1. The molecule has 4 heteroatoms. The predicted molar refractivity (Wildman–Crippen MR) is 84.5 cm³/mol. The Bertz CT molecular complexity index is 685. The Balaban J connectivity index is 2.53. The minimum atomic E-state index is -0.503. The van der Waals surface area contributed by atoms with Crippen molar-refractivity contribution in [1.82, 2.24) is 9.55 Å². The molecule has 1 aromatic carbocycles. The van der Waals surface area contributed by atoms with E-state index in [-0.39, 0.29) is 5.92 Å². The first-order chi connectivity index (χ1) is 9.97. The monoisotopic (exact) mass is 283 g/mol. The van der Waals surface area contributed by atoms with Crippen molar-refractivity contribution >= 4 is 6.03 Å². The lowest BCUT2D eigenvalue weighted by Gasteiger charge is -2.17. The van der Waals surface area contributed by atoms with Crippen LogP contribution in [0.2, 0.25) is 0 Å². The minimum absolute atomic E-state index is 0.0449. The number of carbonyl (C=O) groups is 1.